The van der Waals surface area contributed by atoms with Crippen LogP contribution in [-0.4, -0.2) is 112 Å². The maximum absolute atomic E-state index is 13.9. The Labute approximate surface area is 286 Å². The van der Waals surface area contributed by atoms with Gasteiger partial charge in [0.05, 0.1) is 5.88 Å². The zero-order valence-electron chi connectivity index (χ0n) is 27.5. The van der Waals surface area contributed by atoms with Crippen LogP contribution < -0.4 is 10.1 Å². The molecule has 3 amide bonds. The number of aromatic nitrogens is 1. The van der Waals surface area contributed by atoms with Crippen molar-refractivity contribution in [3.05, 3.63) is 54.4 Å². The van der Waals surface area contributed by atoms with Crippen LogP contribution in [0.4, 0.5) is 18.0 Å². The first-order valence-corrected chi connectivity index (χ1v) is 17.6. The smallest absolute Gasteiger partial charge is 0.458 e. The molecule has 268 valence electrons. The molecule has 1 aromatic heterocycles. The molecule has 0 radical (unpaired) electrons. The molecule has 2 fully saturated rings. The fraction of sp³-hybridized carbons (Fsp3) is 0.516. The van der Waals surface area contributed by atoms with E-state index in [1.807, 2.05) is 0 Å². The number of benzene rings is 1. The standard InChI is InChI=1S/C31H38F3N5O8S2/c1-29(2,3)47-26(41)23(36-25(40)24-30(4,5)48-19-39(24)49(44,45)22-7-6-12-35-18-22)17-20-8-10-21(11-9-20)46-28(43)38-15-13-37(14-16-38)27(42)31(32,33)34/h6-12,18,23-24H,13-17,19H2,1-5H3,(H,36,40)/t23-,24+/m0/s1. The van der Waals surface area contributed by atoms with E-state index in [0.29, 0.717) is 10.5 Å². The predicted molar refractivity (Wildman–Crippen MR) is 172 cm³/mol. The number of hydrogen-bond donors (Lipinski definition) is 1. The minimum absolute atomic E-state index is 0.000960. The van der Waals surface area contributed by atoms with Crippen molar-refractivity contribution in [1.82, 2.24) is 24.4 Å². The number of alkyl halides is 3. The molecule has 2 saturated heterocycles. The summed E-state index contributed by atoms with van der Waals surface area (Å²) >= 11 is 1.28. The molecule has 0 unspecified atom stereocenters. The van der Waals surface area contributed by atoms with Gasteiger partial charge >= 0.3 is 24.1 Å². The van der Waals surface area contributed by atoms with Crippen molar-refractivity contribution >= 4 is 45.7 Å². The van der Waals surface area contributed by atoms with Crippen LogP contribution in [-0.2, 0) is 35.6 Å². The zero-order chi connectivity index (χ0) is 36.4. The SMILES string of the molecule is CC(C)(C)OC(=O)[C@H](Cc1ccc(OC(=O)N2CCN(C(=O)C(F)(F)F)CC2)cc1)NC(=O)[C@H]1N(S(=O)(=O)c2cccnc2)CSC1(C)C. The molecular formula is C31H38F3N5O8S2. The third kappa shape index (κ3) is 9.42. The number of sulfonamides is 1. The minimum Gasteiger partial charge on any atom is -0.458 e. The number of rotatable bonds is 8. The Morgan fingerprint density at radius 1 is 1.02 bits per heavy atom. The van der Waals surface area contributed by atoms with Gasteiger partial charge in [0, 0.05) is 49.7 Å². The van der Waals surface area contributed by atoms with E-state index < -0.39 is 62.5 Å². The van der Waals surface area contributed by atoms with Crippen LogP contribution in [0.3, 0.4) is 0 Å². The van der Waals surface area contributed by atoms with Crippen LogP contribution >= 0.6 is 11.8 Å². The molecular weight excluding hydrogens is 691 g/mol. The second-order valence-electron chi connectivity index (χ2n) is 12.9. The number of nitrogens with one attached hydrogen (secondary N) is 1. The molecule has 2 atom stereocenters. The summed E-state index contributed by atoms with van der Waals surface area (Å²) in [7, 11) is -4.12. The van der Waals surface area contributed by atoms with Crippen molar-refractivity contribution in [2.45, 2.75) is 74.5 Å². The summed E-state index contributed by atoms with van der Waals surface area (Å²) in [6.45, 7) is 7.60. The molecule has 0 saturated carbocycles. The lowest BCUT2D eigenvalue weighted by Crippen LogP contribution is -2.57. The molecule has 2 aromatic rings. The number of carbonyl (C=O) groups excluding carboxylic acids is 4. The van der Waals surface area contributed by atoms with E-state index in [2.05, 4.69) is 10.3 Å². The summed E-state index contributed by atoms with van der Waals surface area (Å²) in [5.41, 5.74) is -0.364. The van der Waals surface area contributed by atoms with E-state index in [1.165, 1.54) is 53.3 Å². The van der Waals surface area contributed by atoms with Crippen LogP contribution in [0.25, 0.3) is 0 Å². The minimum atomic E-state index is -5.00. The molecule has 0 spiro atoms. The van der Waals surface area contributed by atoms with Crippen molar-refractivity contribution in [2.75, 3.05) is 32.1 Å². The summed E-state index contributed by atoms with van der Waals surface area (Å²) in [6, 6.07) is 6.47. The van der Waals surface area contributed by atoms with Crippen LogP contribution in [0.1, 0.15) is 40.2 Å². The van der Waals surface area contributed by atoms with Crippen LogP contribution in [0.2, 0.25) is 0 Å². The highest BCUT2D eigenvalue weighted by Gasteiger charge is 2.52. The predicted octanol–water partition coefficient (Wildman–Crippen LogP) is 3.20. The van der Waals surface area contributed by atoms with Crippen molar-refractivity contribution in [2.24, 2.45) is 0 Å². The highest BCUT2D eigenvalue weighted by molar-refractivity contribution is 8.02. The number of ether oxygens (including phenoxy) is 2. The summed E-state index contributed by atoms with van der Waals surface area (Å²) in [6.07, 6.45) is -3.23. The molecule has 13 nitrogen and oxygen atoms in total. The van der Waals surface area contributed by atoms with Gasteiger partial charge in [-0.25, -0.2) is 18.0 Å². The molecule has 1 aromatic carbocycles. The lowest BCUT2D eigenvalue weighted by Gasteiger charge is -2.34. The van der Waals surface area contributed by atoms with E-state index in [9.17, 15) is 40.8 Å². The lowest BCUT2D eigenvalue weighted by molar-refractivity contribution is -0.186. The molecule has 0 aliphatic carbocycles. The number of nitrogens with zero attached hydrogens (tertiary/aromatic N) is 4. The first-order valence-electron chi connectivity index (χ1n) is 15.2. The van der Waals surface area contributed by atoms with Gasteiger partial charge < -0.3 is 24.6 Å². The van der Waals surface area contributed by atoms with E-state index in [1.54, 1.807) is 46.8 Å². The molecule has 2 aliphatic rings. The summed E-state index contributed by atoms with van der Waals surface area (Å²) < 4.78 is 76.4. The Morgan fingerprint density at radius 2 is 1.63 bits per heavy atom. The molecule has 2 aliphatic heterocycles. The Kier molecular flexibility index (Phi) is 11.2. The maximum Gasteiger partial charge on any atom is 0.471 e. The topological polar surface area (TPSA) is 156 Å². The summed E-state index contributed by atoms with van der Waals surface area (Å²) in [4.78, 5) is 56.9. The highest BCUT2D eigenvalue weighted by atomic mass is 32.2. The maximum atomic E-state index is 13.9. The third-order valence-electron chi connectivity index (χ3n) is 7.64. The van der Waals surface area contributed by atoms with Gasteiger partial charge in [0.1, 0.15) is 28.3 Å². The van der Waals surface area contributed by atoms with Crippen molar-refractivity contribution < 1.29 is 50.2 Å². The van der Waals surface area contributed by atoms with Gasteiger partial charge in [-0.15, -0.1) is 11.8 Å². The largest absolute Gasteiger partial charge is 0.471 e. The van der Waals surface area contributed by atoms with Gasteiger partial charge in [-0.1, -0.05) is 12.1 Å². The Hall–Kier alpha value is -3.90. The van der Waals surface area contributed by atoms with Crippen LogP contribution in [0.15, 0.2) is 53.7 Å². The normalized spacial score (nSPS) is 19.2. The van der Waals surface area contributed by atoms with E-state index in [0.717, 1.165) is 4.31 Å². The van der Waals surface area contributed by atoms with Crippen molar-refractivity contribution in [3.63, 3.8) is 0 Å². The van der Waals surface area contributed by atoms with Crippen molar-refractivity contribution in [3.8, 4) is 5.75 Å². The Bertz CT molecular complexity index is 1640. The average molecular weight is 730 g/mol. The molecule has 0 bridgehead atoms. The zero-order valence-corrected chi connectivity index (χ0v) is 29.2. The third-order valence-corrected chi connectivity index (χ3v) is 11.0. The number of halogens is 3. The number of esters is 1. The number of amides is 3. The van der Waals surface area contributed by atoms with Crippen LogP contribution in [0, 0.1) is 0 Å². The highest BCUT2D eigenvalue weighted by Crippen LogP contribution is 2.42. The molecule has 3 heterocycles. The molecule has 49 heavy (non-hydrogen) atoms. The van der Waals surface area contributed by atoms with Crippen LogP contribution in [0.5, 0.6) is 5.75 Å². The average Bonchev–Trinajstić information content (AvgIpc) is 3.36. The Balaban J connectivity index is 1.46. The molecule has 18 heteroatoms. The van der Waals surface area contributed by atoms with Gasteiger partial charge in [-0.05, 0) is 64.4 Å². The van der Waals surface area contributed by atoms with Gasteiger partial charge in [0.2, 0.25) is 15.9 Å². The lowest BCUT2D eigenvalue weighted by atomic mass is 10.0. The van der Waals surface area contributed by atoms with Gasteiger partial charge in [0.25, 0.3) is 0 Å². The number of piperazine rings is 1. The summed E-state index contributed by atoms with van der Waals surface area (Å²) in [5.74, 6) is -3.29. The van der Waals surface area contributed by atoms with Gasteiger partial charge in [0.15, 0.2) is 0 Å². The Morgan fingerprint density at radius 3 is 2.18 bits per heavy atom. The molecule has 4 rings (SSSR count). The van der Waals surface area contributed by atoms with E-state index in [4.69, 9.17) is 9.47 Å². The number of thioether (sulfide) groups is 1. The monoisotopic (exact) mass is 729 g/mol. The van der Waals surface area contributed by atoms with E-state index >= 15 is 0 Å². The second kappa shape index (κ2) is 14.5. The first kappa shape index (κ1) is 37.9. The van der Waals surface area contributed by atoms with E-state index in [-0.39, 0.29) is 49.1 Å². The first-order chi connectivity index (χ1) is 22.7. The summed E-state index contributed by atoms with van der Waals surface area (Å²) in [5, 5.41) is 2.71. The second-order valence-corrected chi connectivity index (χ2v) is 16.4. The molecule has 1 N–H and O–H groups in total. The van der Waals surface area contributed by atoms with Gasteiger partial charge in [-0.3, -0.25) is 14.6 Å². The van der Waals surface area contributed by atoms with Crippen molar-refractivity contribution in [1.29, 1.82) is 0 Å². The number of hydrogen-bond acceptors (Lipinski definition) is 10. The fourth-order valence-electron chi connectivity index (χ4n) is 5.20. The number of pyridine rings is 1. The number of carbonyl (C=O) groups is 4. The van der Waals surface area contributed by atoms with Gasteiger partial charge in [-0.2, -0.15) is 17.5 Å². The fourth-order valence-corrected chi connectivity index (χ4v) is 8.34. The quantitative estimate of drug-likeness (QED) is 0.401.